The number of imidazole rings is 1. The van der Waals surface area contributed by atoms with Gasteiger partial charge in [-0.05, 0) is 49.2 Å². The van der Waals surface area contributed by atoms with Gasteiger partial charge in [-0.1, -0.05) is 0 Å². The largest absolute Gasteiger partial charge is 0.321 e. The Hall–Kier alpha value is -2.74. The number of nitrogens with zero attached hydrogens (tertiary/aromatic N) is 3. The van der Waals surface area contributed by atoms with Crippen LogP contribution in [0.4, 0.5) is 5.69 Å². The molecule has 1 amide bonds. The van der Waals surface area contributed by atoms with Crippen molar-refractivity contribution in [2.75, 3.05) is 11.6 Å². The van der Waals surface area contributed by atoms with E-state index in [4.69, 9.17) is 0 Å². The van der Waals surface area contributed by atoms with E-state index in [9.17, 15) is 13.2 Å². The number of hydrogen-bond donors (Lipinski definition) is 1. The van der Waals surface area contributed by atoms with Crippen LogP contribution in [0.25, 0.3) is 5.65 Å². The number of hydrogen-bond acceptors (Lipinski definition) is 5. The fourth-order valence-corrected chi connectivity index (χ4v) is 3.21. The van der Waals surface area contributed by atoms with E-state index < -0.39 is 9.84 Å². The molecule has 0 spiro atoms. The molecule has 4 rings (SSSR count). The topological polar surface area (TPSA) is 93.4 Å². The van der Waals surface area contributed by atoms with Gasteiger partial charge >= 0.3 is 0 Å². The predicted molar refractivity (Wildman–Crippen MR) is 92.5 cm³/mol. The summed E-state index contributed by atoms with van der Waals surface area (Å²) >= 11 is 0. The highest BCUT2D eigenvalue weighted by Gasteiger charge is 2.26. The quantitative estimate of drug-likeness (QED) is 0.774. The lowest BCUT2D eigenvalue weighted by Crippen LogP contribution is -2.15. The summed E-state index contributed by atoms with van der Waals surface area (Å²) in [6.45, 7) is 0. The molecule has 8 heteroatoms. The van der Waals surface area contributed by atoms with Crippen LogP contribution in [0.5, 0.6) is 0 Å². The molecule has 1 N–H and O–H groups in total. The van der Waals surface area contributed by atoms with E-state index in [0.29, 0.717) is 11.6 Å². The van der Waals surface area contributed by atoms with E-state index in [0.717, 1.165) is 30.4 Å². The number of carbonyl (C=O) groups is 1. The van der Waals surface area contributed by atoms with Gasteiger partial charge in [-0.3, -0.25) is 4.79 Å². The zero-order valence-electron chi connectivity index (χ0n) is 13.5. The average Bonchev–Trinajstić information content (AvgIpc) is 3.33. The second-order valence-electron chi connectivity index (χ2n) is 6.21. The summed E-state index contributed by atoms with van der Waals surface area (Å²) in [6, 6.07) is 9.41. The number of rotatable bonds is 4. The molecule has 0 atom stereocenters. The fourth-order valence-electron chi connectivity index (χ4n) is 2.58. The third-order valence-electron chi connectivity index (χ3n) is 4.11. The highest BCUT2D eigenvalue weighted by atomic mass is 32.2. The van der Waals surface area contributed by atoms with Crippen LogP contribution in [0.2, 0.25) is 0 Å². The van der Waals surface area contributed by atoms with Gasteiger partial charge in [0.2, 0.25) is 0 Å². The smallest absolute Gasteiger partial charge is 0.276 e. The van der Waals surface area contributed by atoms with Crippen LogP contribution in [0, 0.1) is 0 Å². The van der Waals surface area contributed by atoms with Crippen molar-refractivity contribution in [3.05, 3.63) is 54.0 Å². The van der Waals surface area contributed by atoms with Crippen molar-refractivity contribution in [2.45, 2.75) is 23.7 Å². The highest BCUT2D eigenvalue weighted by molar-refractivity contribution is 7.90. The molecular formula is C17H16N4O3S. The summed E-state index contributed by atoms with van der Waals surface area (Å²) in [5.74, 6) is 0.156. The zero-order chi connectivity index (χ0) is 17.6. The monoisotopic (exact) mass is 356 g/mol. The van der Waals surface area contributed by atoms with Gasteiger partial charge in [0, 0.05) is 17.9 Å². The van der Waals surface area contributed by atoms with Crippen molar-refractivity contribution in [3.8, 4) is 0 Å². The Morgan fingerprint density at radius 1 is 1.16 bits per heavy atom. The normalized spacial score (nSPS) is 14.6. The Morgan fingerprint density at radius 3 is 2.52 bits per heavy atom. The first kappa shape index (κ1) is 15.8. The zero-order valence-corrected chi connectivity index (χ0v) is 14.3. The van der Waals surface area contributed by atoms with Gasteiger partial charge in [-0.25, -0.2) is 17.9 Å². The fraction of sp³-hybridized carbons (Fsp3) is 0.235. The molecule has 1 aromatic carbocycles. The number of fused-ring (bicyclic) bond motifs is 1. The summed E-state index contributed by atoms with van der Waals surface area (Å²) in [4.78, 5) is 17.1. The maximum atomic E-state index is 12.4. The Balaban J connectivity index is 1.55. The molecule has 7 nitrogen and oxygen atoms in total. The minimum atomic E-state index is -3.26. The summed E-state index contributed by atoms with van der Waals surface area (Å²) < 4.78 is 24.5. The molecule has 0 radical (unpaired) electrons. The second-order valence-corrected chi connectivity index (χ2v) is 8.23. The van der Waals surface area contributed by atoms with Crippen molar-refractivity contribution in [1.82, 2.24) is 14.6 Å². The third kappa shape index (κ3) is 3.25. The van der Waals surface area contributed by atoms with Gasteiger partial charge in [-0.2, -0.15) is 5.10 Å². The molecule has 2 heterocycles. The molecule has 3 aromatic rings. The van der Waals surface area contributed by atoms with Gasteiger partial charge < -0.3 is 5.32 Å². The summed E-state index contributed by atoms with van der Waals surface area (Å²) in [5, 5.41) is 7.02. The van der Waals surface area contributed by atoms with Gasteiger partial charge in [0.25, 0.3) is 5.91 Å². The standard InChI is InChI=1S/C17H16N4O3S/c1-25(23,24)13-6-4-12(5-7-13)18-17(22)14-8-9-16-19-15(11-2-3-11)10-21(16)20-14/h4-11H,2-3H2,1H3,(H,18,22). The number of anilines is 1. The first-order valence-electron chi connectivity index (χ1n) is 7.88. The average molecular weight is 356 g/mol. The highest BCUT2D eigenvalue weighted by Crippen LogP contribution is 2.39. The minimum absolute atomic E-state index is 0.205. The van der Waals surface area contributed by atoms with Gasteiger partial charge in [-0.15, -0.1) is 0 Å². The first-order chi connectivity index (χ1) is 11.9. The molecule has 2 aromatic heterocycles. The van der Waals surface area contributed by atoms with Crippen molar-refractivity contribution in [1.29, 1.82) is 0 Å². The minimum Gasteiger partial charge on any atom is -0.321 e. The maximum absolute atomic E-state index is 12.4. The molecule has 1 fully saturated rings. The van der Waals surface area contributed by atoms with Gasteiger partial charge in [0.15, 0.2) is 15.5 Å². The molecule has 1 saturated carbocycles. The molecular weight excluding hydrogens is 340 g/mol. The molecule has 25 heavy (non-hydrogen) atoms. The maximum Gasteiger partial charge on any atom is 0.276 e. The number of carbonyl (C=O) groups excluding carboxylic acids is 1. The SMILES string of the molecule is CS(=O)(=O)c1ccc(NC(=O)c2ccc3nc(C4CC4)cn3n2)cc1. The summed E-state index contributed by atoms with van der Waals surface area (Å²) in [5.41, 5.74) is 2.50. The van der Waals surface area contributed by atoms with Crippen LogP contribution in [0.15, 0.2) is 47.5 Å². The summed E-state index contributed by atoms with van der Waals surface area (Å²) in [6.07, 6.45) is 5.31. The van der Waals surface area contributed by atoms with E-state index in [1.807, 2.05) is 6.20 Å². The first-order valence-corrected chi connectivity index (χ1v) is 9.77. The van der Waals surface area contributed by atoms with Gasteiger partial charge in [0.05, 0.1) is 16.8 Å². The van der Waals surface area contributed by atoms with Crippen LogP contribution < -0.4 is 5.32 Å². The van der Waals surface area contributed by atoms with Crippen LogP contribution >= 0.6 is 0 Å². The van der Waals surface area contributed by atoms with Crippen molar-refractivity contribution in [2.24, 2.45) is 0 Å². The summed E-state index contributed by atoms with van der Waals surface area (Å²) in [7, 11) is -3.26. The van der Waals surface area contributed by atoms with Gasteiger partial charge in [0.1, 0.15) is 5.69 Å². The van der Waals surface area contributed by atoms with E-state index in [-0.39, 0.29) is 16.5 Å². The van der Waals surface area contributed by atoms with Crippen LogP contribution in [-0.2, 0) is 9.84 Å². The molecule has 128 valence electrons. The number of aromatic nitrogens is 3. The molecule has 1 aliphatic carbocycles. The number of nitrogens with one attached hydrogen (secondary N) is 1. The second kappa shape index (κ2) is 5.66. The van der Waals surface area contributed by atoms with E-state index in [2.05, 4.69) is 15.4 Å². The lowest BCUT2D eigenvalue weighted by atomic mass is 10.3. The Bertz CT molecular complexity index is 1070. The van der Waals surface area contributed by atoms with Crippen LogP contribution in [-0.4, -0.2) is 35.2 Å². The molecule has 1 aliphatic rings. The number of benzene rings is 1. The molecule has 0 unspecified atom stereocenters. The van der Waals surface area contributed by atoms with Crippen LogP contribution in [0.3, 0.4) is 0 Å². The predicted octanol–water partition coefficient (Wildman–Crippen LogP) is 2.26. The lowest BCUT2D eigenvalue weighted by Gasteiger charge is -2.06. The Labute approximate surface area is 144 Å². The molecule has 0 bridgehead atoms. The van der Waals surface area contributed by atoms with E-state index in [1.165, 1.54) is 12.1 Å². The van der Waals surface area contributed by atoms with E-state index in [1.54, 1.807) is 28.8 Å². The molecule has 0 aliphatic heterocycles. The van der Waals surface area contributed by atoms with Crippen molar-refractivity contribution in [3.63, 3.8) is 0 Å². The van der Waals surface area contributed by atoms with Crippen LogP contribution in [0.1, 0.15) is 34.9 Å². The Kier molecular flexibility index (Phi) is 3.57. The van der Waals surface area contributed by atoms with Crippen molar-refractivity contribution >= 4 is 27.1 Å². The molecule has 0 saturated heterocycles. The Morgan fingerprint density at radius 2 is 1.88 bits per heavy atom. The lowest BCUT2D eigenvalue weighted by molar-refractivity contribution is 0.102. The number of sulfone groups is 1. The third-order valence-corrected chi connectivity index (χ3v) is 5.24. The van der Waals surface area contributed by atoms with Crippen molar-refractivity contribution < 1.29 is 13.2 Å². The number of amides is 1. The van der Waals surface area contributed by atoms with E-state index >= 15 is 0 Å².